The third kappa shape index (κ3) is 6.13. The number of unbranched alkanes of at least 4 members (excludes halogenated alkanes) is 1. The zero-order valence-corrected chi connectivity index (χ0v) is 17.2. The second kappa shape index (κ2) is 10.9. The molecule has 148 valence electrons. The number of ether oxygens (including phenoxy) is 1. The van der Waals surface area contributed by atoms with Crippen molar-refractivity contribution in [2.24, 2.45) is 11.8 Å². The minimum Gasteiger partial charge on any atom is -0.494 e. The van der Waals surface area contributed by atoms with E-state index in [9.17, 15) is 0 Å². The van der Waals surface area contributed by atoms with Crippen LogP contribution >= 0.6 is 0 Å². The molecule has 0 radical (unpaired) electrons. The average Bonchev–Trinajstić information content (AvgIpc) is 2.76. The lowest BCUT2D eigenvalue weighted by molar-refractivity contribution is 0.228. The topological polar surface area (TPSA) is 33.0 Å². The Balaban J connectivity index is 1.36. The molecule has 0 atom stereocenters. The van der Waals surface area contributed by atoms with E-state index in [0.29, 0.717) is 5.56 Å². The highest BCUT2D eigenvalue weighted by Crippen LogP contribution is 2.34. The van der Waals surface area contributed by atoms with E-state index >= 15 is 0 Å². The van der Waals surface area contributed by atoms with Crippen molar-refractivity contribution in [2.75, 3.05) is 6.61 Å². The van der Waals surface area contributed by atoms with Gasteiger partial charge in [0, 0.05) is 0 Å². The van der Waals surface area contributed by atoms with Gasteiger partial charge in [-0.15, -0.1) is 0 Å². The second-order valence-corrected chi connectivity index (χ2v) is 8.23. The molecule has 0 unspecified atom stereocenters. The minimum atomic E-state index is 0.693. The van der Waals surface area contributed by atoms with E-state index in [1.165, 1.54) is 51.4 Å². The van der Waals surface area contributed by atoms with E-state index in [4.69, 9.17) is 10.00 Å². The molecular weight excluding hydrogens is 342 g/mol. The molecule has 0 amide bonds. The SMILES string of the molecule is CCCC[C@H]1CC[C@H](CCCOc2ccc(-c3ccc(C#N)cc3)cc2)CC1. The van der Waals surface area contributed by atoms with Gasteiger partial charge in [-0.3, -0.25) is 0 Å². The molecule has 1 aliphatic carbocycles. The predicted molar refractivity (Wildman–Crippen MR) is 116 cm³/mol. The summed E-state index contributed by atoms with van der Waals surface area (Å²) in [6, 6.07) is 18.1. The molecule has 2 nitrogen and oxygen atoms in total. The van der Waals surface area contributed by atoms with Crippen LogP contribution in [0.25, 0.3) is 11.1 Å². The van der Waals surface area contributed by atoms with Crippen LogP contribution in [0.1, 0.15) is 70.3 Å². The Labute approximate surface area is 170 Å². The fourth-order valence-electron chi connectivity index (χ4n) is 4.34. The van der Waals surface area contributed by atoms with Crippen molar-refractivity contribution in [2.45, 2.75) is 64.7 Å². The Hall–Kier alpha value is -2.27. The Morgan fingerprint density at radius 3 is 1.89 bits per heavy atom. The van der Waals surface area contributed by atoms with Gasteiger partial charge in [-0.05, 0) is 60.1 Å². The van der Waals surface area contributed by atoms with Crippen LogP contribution in [-0.2, 0) is 0 Å². The van der Waals surface area contributed by atoms with Gasteiger partial charge in [0.25, 0.3) is 0 Å². The summed E-state index contributed by atoms with van der Waals surface area (Å²) in [5.41, 5.74) is 2.97. The van der Waals surface area contributed by atoms with Crippen LogP contribution in [0.15, 0.2) is 48.5 Å². The maximum atomic E-state index is 8.90. The lowest BCUT2D eigenvalue weighted by Gasteiger charge is -2.28. The first kappa shape index (κ1) is 20.5. The standard InChI is InChI=1S/C26H33NO/c1-2-3-5-21-7-9-22(10-8-21)6-4-19-28-26-17-15-25(16-18-26)24-13-11-23(20-27)12-14-24/h11-18,21-22H,2-10,19H2,1H3/t21-,22-. The highest BCUT2D eigenvalue weighted by atomic mass is 16.5. The molecule has 0 N–H and O–H groups in total. The summed E-state index contributed by atoms with van der Waals surface area (Å²) < 4.78 is 5.96. The molecule has 0 aromatic heterocycles. The van der Waals surface area contributed by atoms with E-state index < -0.39 is 0 Å². The highest BCUT2D eigenvalue weighted by Gasteiger charge is 2.20. The first-order valence-electron chi connectivity index (χ1n) is 11.0. The van der Waals surface area contributed by atoms with Gasteiger partial charge >= 0.3 is 0 Å². The van der Waals surface area contributed by atoms with Crippen molar-refractivity contribution < 1.29 is 4.74 Å². The van der Waals surface area contributed by atoms with Crippen LogP contribution in [0, 0.1) is 23.2 Å². The third-order valence-corrected chi connectivity index (χ3v) is 6.16. The Morgan fingerprint density at radius 1 is 0.821 bits per heavy atom. The molecule has 0 aliphatic heterocycles. The van der Waals surface area contributed by atoms with Crippen LogP contribution in [-0.4, -0.2) is 6.61 Å². The van der Waals surface area contributed by atoms with Crippen molar-refractivity contribution >= 4 is 0 Å². The third-order valence-electron chi connectivity index (χ3n) is 6.16. The summed E-state index contributed by atoms with van der Waals surface area (Å²) >= 11 is 0. The van der Waals surface area contributed by atoms with Crippen molar-refractivity contribution in [1.82, 2.24) is 0 Å². The quantitative estimate of drug-likeness (QED) is 0.428. The number of rotatable bonds is 9. The minimum absolute atomic E-state index is 0.693. The largest absolute Gasteiger partial charge is 0.494 e. The van der Waals surface area contributed by atoms with Gasteiger partial charge in [0.05, 0.1) is 18.2 Å². The molecule has 3 rings (SSSR count). The van der Waals surface area contributed by atoms with Crippen molar-refractivity contribution in [3.8, 4) is 22.9 Å². The first-order valence-corrected chi connectivity index (χ1v) is 11.0. The normalized spacial score (nSPS) is 19.1. The molecule has 28 heavy (non-hydrogen) atoms. The summed E-state index contributed by atoms with van der Waals surface area (Å²) in [6.07, 6.45) is 12.4. The van der Waals surface area contributed by atoms with Crippen LogP contribution in [0.2, 0.25) is 0 Å². The molecule has 0 saturated heterocycles. The number of nitrogens with zero attached hydrogens (tertiary/aromatic N) is 1. The van der Waals surface area contributed by atoms with E-state index in [1.54, 1.807) is 0 Å². The van der Waals surface area contributed by atoms with Gasteiger partial charge in [-0.25, -0.2) is 0 Å². The fourth-order valence-corrected chi connectivity index (χ4v) is 4.34. The summed E-state index contributed by atoms with van der Waals surface area (Å²) in [7, 11) is 0. The fraction of sp³-hybridized carbons (Fsp3) is 0.500. The van der Waals surface area contributed by atoms with Crippen LogP contribution in [0.5, 0.6) is 5.75 Å². The molecule has 0 bridgehead atoms. The molecule has 2 aromatic carbocycles. The Bertz CT molecular complexity index is 733. The summed E-state index contributed by atoms with van der Waals surface area (Å²) in [4.78, 5) is 0. The Morgan fingerprint density at radius 2 is 1.36 bits per heavy atom. The molecular formula is C26H33NO. The monoisotopic (exact) mass is 375 g/mol. The first-order chi connectivity index (χ1) is 13.8. The summed E-state index contributed by atoms with van der Waals surface area (Å²) in [6.45, 7) is 3.11. The van der Waals surface area contributed by atoms with Crippen LogP contribution in [0.4, 0.5) is 0 Å². The van der Waals surface area contributed by atoms with E-state index in [2.05, 4.69) is 25.1 Å². The van der Waals surface area contributed by atoms with Crippen molar-refractivity contribution in [3.63, 3.8) is 0 Å². The molecule has 1 saturated carbocycles. The summed E-state index contributed by atoms with van der Waals surface area (Å²) in [5, 5.41) is 8.90. The van der Waals surface area contributed by atoms with Crippen LogP contribution < -0.4 is 4.74 Å². The van der Waals surface area contributed by atoms with Gasteiger partial charge in [-0.2, -0.15) is 5.26 Å². The highest BCUT2D eigenvalue weighted by molar-refractivity contribution is 5.64. The van der Waals surface area contributed by atoms with E-state index in [1.807, 2.05) is 36.4 Å². The lowest BCUT2D eigenvalue weighted by Crippen LogP contribution is -2.15. The lowest BCUT2D eigenvalue weighted by atomic mass is 9.78. The average molecular weight is 376 g/mol. The smallest absolute Gasteiger partial charge is 0.119 e. The summed E-state index contributed by atoms with van der Waals surface area (Å²) in [5.74, 6) is 2.86. The maximum Gasteiger partial charge on any atom is 0.119 e. The second-order valence-electron chi connectivity index (χ2n) is 8.23. The number of nitriles is 1. The van der Waals surface area contributed by atoms with E-state index in [-0.39, 0.29) is 0 Å². The van der Waals surface area contributed by atoms with E-state index in [0.717, 1.165) is 41.7 Å². The zero-order valence-electron chi connectivity index (χ0n) is 17.2. The van der Waals surface area contributed by atoms with Crippen LogP contribution in [0.3, 0.4) is 0 Å². The van der Waals surface area contributed by atoms with Gasteiger partial charge < -0.3 is 4.74 Å². The zero-order chi connectivity index (χ0) is 19.6. The van der Waals surface area contributed by atoms with Crippen molar-refractivity contribution in [3.05, 3.63) is 54.1 Å². The molecule has 0 heterocycles. The number of benzene rings is 2. The molecule has 2 heteroatoms. The Kier molecular flexibility index (Phi) is 7.97. The molecule has 2 aromatic rings. The maximum absolute atomic E-state index is 8.90. The number of hydrogen-bond acceptors (Lipinski definition) is 2. The van der Waals surface area contributed by atoms with Gasteiger partial charge in [0.1, 0.15) is 5.75 Å². The number of hydrogen-bond donors (Lipinski definition) is 0. The van der Waals surface area contributed by atoms with Gasteiger partial charge in [0.2, 0.25) is 0 Å². The van der Waals surface area contributed by atoms with Gasteiger partial charge in [-0.1, -0.05) is 76.1 Å². The molecule has 1 aliphatic rings. The molecule has 0 spiro atoms. The van der Waals surface area contributed by atoms with Crippen molar-refractivity contribution in [1.29, 1.82) is 5.26 Å². The predicted octanol–water partition coefficient (Wildman–Crippen LogP) is 7.38. The van der Waals surface area contributed by atoms with Gasteiger partial charge in [0.15, 0.2) is 0 Å². The molecule has 1 fully saturated rings.